The van der Waals surface area contributed by atoms with E-state index in [9.17, 15) is 14.4 Å². The van der Waals surface area contributed by atoms with E-state index in [1.54, 1.807) is 48.5 Å². The van der Waals surface area contributed by atoms with E-state index in [-0.39, 0.29) is 22.3 Å². The number of halogens is 2. The number of para-hydroxylation sites is 2. The van der Waals surface area contributed by atoms with Crippen LogP contribution in [0.2, 0.25) is 10.0 Å². The highest BCUT2D eigenvalue weighted by atomic mass is 35.5. The van der Waals surface area contributed by atoms with E-state index in [0.29, 0.717) is 5.69 Å². The largest absolute Gasteiger partial charge is 0.322 e. The van der Waals surface area contributed by atoms with Gasteiger partial charge in [-0.3, -0.25) is 14.4 Å². The molecule has 5 nitrogen and oxygen atoms in total. The van der Waals surface area contributed by atoms with Crippen LogP contribution in [0.5, 0.6) is 0 Å². The summed E-state index contributed by atoms with van der Waals surface area (Å²) >= 11 is 12.0. The summed E-state index contributed by atoms with van der Waals surface area (Å²) in [6, 6.07) is 13.5. The number of hydrogen-bond acceptors (Lipinski definition) is 3. The summed E-state index contributed by atoms with van der Waals surface area (Å²) in [7, 11) is 0. The molecule has 1 N–H and O–H groups in total. The lowest BCUT2D eigenvalue weighted by Crippen LogP contribution is -2.34. The summed E-state index contributed by atoms with van der Waals surface area (Å²) in [6.07, 6.45) is 0. The summed E-state index contributed by atoms with van der Waals surface area (Å²) in [5.74, 6) is -3.17. The number of nitrogens with one attached hydrogen (secondary N) is 1. The van der Waals surface area contributed by atoms with Crippen molar-refractivity contribution in [2.24, 2.45) is 5.92 Å². The van der Waals surface area contributed by atoms with Crippen LogP contribution in [0.4, 0.5) is 11.4 Å². The van der Waals surface area contributed by atoms with Gasteiger partial charge < -0.3 is 10.2 Å². The second kappa shape index (κ2) is 6.63. The van der Waals surface area contributed by atoms with Crippen LogP contribution < -0.4 is 10.2 Å². The summed E-state index contributed by atoms with van der Waals surface area (Å²) in [6.45, 7) is -0.142. The minimum atomic E-state index is -1.41. The van der Waals surface area contributed by atoms with Crippen molar-refractivity contribution < 1.29 is 14.4 Å². The van der Waals surface area contributed by atoms with E-state index in [1.807, 2.05) is 0 Å². The molecule has 1 aliphatic heterocycles. The molecule has 1 aliphatic rings. The molecular formula is C17H12Cl2N2O3. The Morgan fingerprint density at radius 1 is 1.00 bits per heavy atom. The van der Waals surface area contributed by atoms with E-state index in [2.05, 4.69) is 5.32 Å². The maximum absolute atomic E-state index is 12.5. The molecule has 2 amide bonds. The van der Waals surface area contributed by atoms with Gasteiger partial charge in [0.15, 0.2) is 11.7 Å². The summed E-state index contributed by atoms with van der Waals surface area (Å²) < 4.78 is 0. The number of amides is 2. The van der Waals surface area contributed by atoms with Crippen LogP contribution in [0.3, 0.4) is 0 Å². The number of ketones is 1. The van der Waals surface area contributed by atoms with Gasteiger partial charge in [0, 0.05) is 5.69 Å². The highest BCUT2D eigenvalue weighted by Crippen LogP contribution is 2.31. The van der Waals surface area contributed by atoms with Crippen molar-refractivity contribution in [2.45, 2.75) is 0 Å². The third-order valence-electron chi connectivity index (χ3n) is 3.69. The predicted molar refractivity (Wildman–Crippen MR) is 92.4 cm³/mol. The van der Waals surface area contributed by atoms with Crippen molar-refractivity contribution in [3.8, 4) is 0 Å². The second-order valence-corrected chi connectivity index (χ2v) is 6.06. The first-order valence-electron chi connectivity index (χ1n) is 7.13. The smallest absolute Gasteiger partial charge is 0.247 e. The van der Waals surface area contributed by atoms with Gasteiger partial charge in [0.25, 0.3) is 0 Å². The van der Waals surface area contributed by atoms with Gasteiger partial charge in [-0.05, 0) is 24.3 Å². The molecule has 2 aromatic carbocycles. The van der Waals surface area contributed by atoms with Crippen molar-refractivity contribution in [3.63, 3.8) is 0 Å². The quantitative estimate of drug-likeness (QED) is 0.852. The molecule has 0 radical (unpaired) electrons. The minimum Gasteiger partial charge on any atom is -0.322 e. The van der Waals surface area contributed by atoms with Gasteiger partial charge in [-0.15, -0.1) is 0 Å². The average molecular weight is 363 g/mol. The van der Waals surface area contributed by atoms with Crippen LogP contribution in [-0.4, -0.2) is 24.1 Å². The molecule has 3 rings (SSSR count). The maximum Gasteiger partial charge on any atom is 0.247 e. The topological polar surface area (TPSA) is 66.5 Å². The Labute approximate surface area is 148 Å². The van der Waals surface area contributed by atoms with Crippen molar-refractivity contribution >= 4 is 52.2 Å². The predicted octanol–water partition coefficient (Wildman–Crippen LogP) is 3.16. The minimum absolute atomic E-state index is 0.142. The fourth-order valence-electron chi connectivity index (χ4n) is 2.52. The van der Waals surface area contributed by atoms with Crippen LogP contribution in [0, 0.1) is 5.92 Å². The number of anilines is 2. The first kappa shape index (κ1) is 16.5. The van der Waals surface area contributed by atoms with E-state index < -0.39 is 23.5 Å². The molecular weight excluding hydrogens is 351 g/mol. The SMILES string of the molecule is O=C1CN(c2ccccc2)C(=O)[C@@H]1C(=O)Nc1c(Cl)cccc1Cl. The van der Waals surface area contributed by atoms with Crippen molar-refractivity contribution in [2.75, 3.05) is 16.8 Å². The molecule has 1 saturated heterocycles. The molecule has 0 aromatic heterocycles. The van der Waals surface area contributed by atoms with Crippen molar-refractivity contribution in [1.29, 1.82) is 0 Å². The van der Waals surface area contributed by atoms with Gasteiger partial charge in [0.2, 0.25) is 11.8 Å². The second-order valence-electron chi connectivity index (χ2n) is 5.25. The number of Topliss-reactive ketones (excluding diaryl/α,β-unsaturated/α-hetero) is 1. The number of rotatable bonds is 3. The molecule has 122 valence electrons. The molecule has 0 saturated carbocycles. The standard InChI is InChI=1S/C17H12Cl2N2O3/c18-11-7-4-8-12(19)15(11)20-16(23)14-13(22)9-21(17(14)24)10-5-2-1-3-6-10/h1-8,14H,9H2,(H,20,23)/t14-/m0/s1. The maximum atomic E-state index is 12.5. The van der Waals surface area contributed by atoms with Crippen LogP contribution in [0.15, 0.2) is 48.5 Å². The molecule has 24 heavy (non-hydrogen) atoms. The highest BCUT2D eigenvalue weighted by Gasteiger charge is 2.44. The van der Waals surface area contributed by atoms with Gasteiger partial charge in [0.1, 0.15) is 0 Å². The average Bonchev–Trinajstić information content (AvgIpc) is 2.86. The lowest BCUT2D eigenvalue weighted by molar-refractivity contribution is -0.134. The van der Waals surface area contributed by atoms with Gasteiger partial charge in [0.05, 0.1) is 22.3 Å². The van der Waals surface area contributed by atoms with E-state index in [1.165, 1.54) is 4.90 Å². The fourth-order valence-corrected chi connectivity index (χ4v) is 3.01. The zero-order valence-corrected chi connectivity index (χ0v) is 13.8. The summed E-state index contributed by atoms with van der Waals surface area (Å²) in [5.41, 5.74) is 0.756. The number of hydrogen-bond donors (Lipinski definition) is 1. The van der Waals surface area contributed by atoms with Gasteiger partial charge in [-0.1, -0.05) is 47.5 Å². The van der Waals surface area contributed by atoms with Crippen LogP contribution >= 0.6 is 23.2 Å². The van der Waals surface area contributed by atoms with E-state index in [0.717, 1.165) is 0 Å². The van der Waals surface area contributed by atoms with Crippen LogP contribution in [0.25, 0.3) is 0 Å². The lowest BCUT2D eigenvalue weighted by Gasteiger charge is -2.16. The molecule has 0 unspecified atom stereocenters. The third kappa shape index (κ3) is 3.00. The molecule has 1 atom stereocenters. The Bertz CT molecular complexity index is 804. The highest BCUT2D eigenvalue weighted by molar-refractivity contribution is 6.40. The zero-order chi connectivity index (χ0) is 17.3. The van der Waals surface area contributed by atoms with Crippen LogP contribution in [0.1, 0.15) is 0 Å². The van der Waals surface area contributed by atoms with E-state index >= 15 is 0 Å². The summed E-state index contributed by atoms with van der Waals surface area (Å²) in [4.78, 5) is 38.4. The monoisotopic (exact) mass is 362 g/mol. The number of carbonyl (C=O) groups excluding carboxylic acids is 3. The van der Waals surface area contributed by atoms with E-state index in [4.69, 9.17) is 23.2 Å². The molecule has 7 heteroatoms. The van der Waals surface area contributed by atoms with Crippen molar-refractivity contribution in [3.05, 3.63) is 58.6 Å². The van der Waals surface area contributed by atoms with Gasteiger partial charge in [-0.25, -0.2) is 0 Å². The van der Waals surface area contributed by atoms with Gasteiger partial charge in [-0.2, -0.15) is 0 Å². The number of nitrogens with zero attached hydrogens (tertiary/aromatic N) is 1. The molecule has 0 spiro atoms. The molecule has 0 aliphatic carbocycles. The Hall–Kier alpha value is -2.37. The summed E-state index contributed by atoms with van der Waals surface area (Å²) in [5, 5.41) is 2.94. The Balaban J connectivity index is 1.83. The molecule has 1 fully saturated rings. The Morgan fingerprint density at radius 2 is 1.62 bits per heavy atom. The fraction of sp³-hybridized carbons (Fsp3) is 0.118. The first-order chi connectivity index (χ1) is 11.5. The number of carbonyl (C=O) groups is 3. The normalized spacial score (nSPS) is 17.2. The molecule has 2 aromatic rings. The molecule has 1 heterocycles. The number of benzene rings is 2. The molecule has 0 bridgehead atoms. The third-order valence-corrected chi connectivity index (χ3v) is 4.32. The Kier molecular flexibility index (Phi) is 4.55. The Morgan fingerprint density at radius 3 is 2.25 bits per heavy atom. The first-order valence-corrected chi connectivity index (χ1v) is 7.88. The van der Waals surface area contributed by atoms with Crippen molar-refractivity contribution in [1.82, 2.24) is 0 Å². The zero-order valence-electron chi connectivity index (χ0n) is 12.3. The van der Waals surface area contributed by atoms with Gasteiger partial charge >= 0.3 is 0 Å². The lowest BCUT2D eigenvalue weighted by atomic mass is 10.1. The van der Waals surface area contributed by atoms with Crippen LogP contribution in [-0.2, 0) is 14.4 Å².